The van der Waals surface area contributed by atoms with Crippen LogP contribution in [0.25, 0.3) is 0 Å². The zero-order valence-electron chi connectivity index (χ0n) is 11.8. The van der Waals surface area contributed by atoms with Crippen molar-refractivity contribution in [2.24, 2.45) is 0 Å². The first-order valence-electron chi connectivity index (χ1n) is 5.84. The van der Waals surface area contributed by atoms with Crippen molar-refractivity contribution in [3.05, 3.63) is 29.8 Å². The fourth-order valence-electron chi connectivity index (χ4n) is 1.62. The molecule has 0 saturated heterocycles. The maximum absolute atomic E-state index is 12.1. The molecule has 6 nitrogen and oxygen atoms in total. The van der Waals surface area contributed by atoms with E-state index in [0.29, 0.717) is 5.69 Å². The molecule has 0 spiro atoms. The number of carbonyl (C=O) groups excluding carboxylic acids is 2. The summed E-state index contributed by atoms with van der Waals surface area (Å²) < 4.78 is 27.5. The third-order valence-corrected chi connectivity index (χ3v) is 4.48. The Kier molecular flexibility index (Phi) is 4.88. The van der Waals surface area contributed by atoms with Crippen LogP contribution in [-0.2, 0) is 19.4 Å². The summed E-state index contributed by atoms with van der Waals surface area (Å²) in [6.45, 7) is 1.31. The predicted octanol–water partition coefficient (Wildman–Crippen LogP) is 0.869. The Morgan fingerprint density at radius 2 is 1.80 bits per heavy atom. The van der Waals surface area contributed by atoms with Gasteiger partial charge >= 0.3 is 5.97 Å². The van der Waals surface area contributed by atoms with E-state index in [0.717, 1.165) is 11.2 Å². The number of esters is 1. The molecule has 0 N–H and O–H groups in total. The monoisotopic (exact) mass is 299 g/mol. The lowest BCUT2D eigenvalue weighted by Gasteiger charge is -2.22. The quantitative estimate of drug-likeness (QED) is 0.771. The largest absolute Gasteiger partial charge is 0.465 e. The van der Waals surface area contributed by atoms with Crippen molar-refractivity contribution < 1.29 is 22.7 Å². The number of para-hydroxylation sites is 1. The van der Waals surface area contributed by atoms with Crippen LogP contribution in [0.2, 0.25) is 0 Å². The van der Waals surface area contributed by atoms with Crippen molar-refractivity contribution >= 4 is 27.4 Å². The Morgan fingerprint density at radius 1 is 1.25 bits per heavy atom. The van der Waals surface area contributed by atoms with Gasteiger partial charge in [0.25, 0.3) is 0 Å². The summed E-state index contributed by atoms with van der Waals surface area (Å²) in [5.41, 5.74) is 0.506. The third kappa shape index (κ3) is 3.36. The number of methoxy groups -OCH3 is 1. The Bertz CT molecular complexity index is 623. The first kappa shape index (κ1) is 16.2. The van der Waals surface area contributed by atoms with Gasteiger partial charge in [-0.1, -0.05) is 12.1 Å². The molecule has 20 heavy (non-hydrogen) atoms. The van der Waals surface area contributed by atoms with Gasteiger partial charge in [0.1, 0.15) is 5.25 Å². The molecule has 1 rings (SSSR count). The van der Waals surface area contributed by atoms with Gasteiger partial charge in [-0.15, -0.1) is 0 Å². The number of benzene rings is 1. The Morgan fingerprint density at radius 3 is 2.30 bits per heavy atom. The van der Waals surface area contributed by atoms with Gasteiger partial charge in [0.05, 0.1) is 18.4 Å². The van der Waals surface area contributed by atoms with E-state index >= 15 is 0 Å². The molecule has 110 valence electrons. The van der Waals surface area contributed by atoms with Crippen LogP contribution in [0, 0.1) is 0 Å². The number of rotatable bonds is 4. The topological polar surface area (TPSA) is 80.8 Å². The average Bonchev–Trinajstić information content (AvgIpc) is 2.43. The van der Waals surface area contributed by atoms with Crippen molar-refractivity contribution in [1.82, 2.24) is 0 Å². The number of amides is 1. The number of anilines is 1. The van der Waals surface area contributed by atoms with E-state index in [1.54, 1.807) is 18.2 Å². The average molecular weight is 299 g/mol. The summed E-state index contributed by atoms with van der Waals surface area (Å²) in [6, 6.07) is 6.35. The summed E-state index contributed by atoms with van der Waals surface area (Å²) in [5, 5.41) is -1.18. The number of ether oxygens (including phenoxy) is 1. The standard InChI is InChI=1S/C13H17NO5S/c1-9(20(4,17)18)12(15)14(2)11-8-6-5-7-10(11)13(16)19-3/h5-9H,1-4H3. The second-order valence-electron chi connectivity index (χ2n) is 4.38. The molecule has 1 amide bonds. The van der Waals surface area contributed by atoms with Crippen molar-refractivity contribution in [2.75, 3.05) is 25.3 Å². The molecule has 1 atom stereocenters. The maximum atomic E-state index is 12.1. The molecule has 0 aliphatic rings. The van der Waals surface area contributed by atoms with Gasteiger partial charge in [-0.3, -0.25) is 4.79 Å². The normalized spacial score (nSPS) is 12.6. The first-order valence-corrected chi connectivity index (χ1v) is 7.79. The highest BCUT2D eigenvalue weighted by molar-refractivity contribution is 7.92. The molecule has 0 aromatic heterocycles. The summed E-state index contributed by atoms with van der Waals surface area (Å²) >= 11 is 0. The highest BCUT2D eigenvalue weighted by Crippen LogP contribution is 2.21. The Hall–Kier alpha value is -1.89. The minimum Gasteiger partial charge on any atom is -0.465 e. The lowest BCUT2D eigenvalue weighted by atomic mass is 10.1. The van der Waals surface area contributed by atoms with Crippen LogP contribution in [0.1, 0.15) is 17.3 Å². The highest BCUT2D eigenvalue weighted by atomic mass is 32.2. The SMILES string of the molecule is COC(=O)c1ccccc1N(C)C(=O)C(C)S(C)(=O)=O. The molecule has 1 aromatic rings. The summed E-state index contributed by atoms with van der Waals surface area (Å²) in [6.07, 6.45) is 0.996. The number of hydrogen-bond donors (Lipinski definition) is 0. The molecular weight excluding hydrogens is 282 g/mol. The van der Waals surface area contributed by atoms with E-state index in [1.807, 2.05) is 0 Å². The van der Waals surface area contributed by atoms with Crippen LogP contribution in [0.5, 0.6) is 0 Å². The number of carbonyl (C=O) groups is 2. The van der Waals surface area contributed by atoms with E-state index in [9.17, 15) is 18.0 Å². The van der Waals surface area contributed by atoms with Crippen molar-refractivity contribution in [3.63, 3.8) is 0 Å². The number of hydrogen-bond acceptors (Lipinski definition) is 5. The summed E-state index contributed by atoms with van der Waals surface area (Å²) in [5.74, 6) is -1.20. The number of sulfone groups is 1. The Balaban J connectivity index is 3.19. The van der Waals surface area contributed by atoms with Gasteiger partial charge in [-0.2, -0.15) is 0 Å². The lowest BCUT2D eigenvalue weighted by molar-refractivity contribution is -0.117. The molecule has 7 heteroatoms. The summed E-state index contributed by atoms with van der Waals surface area (Å²) in [4.78, 5) is 24.9. The van der Waals surface area contributed by atoms with Gasteiger partial charge in [-0.05, 0) is 19.1 Å². The van der Waals surface area contributed by atoms with Gasteiger partial charge in [0.15, 0.2) is 9.84 Å². The zero-order valence-corrected chi connectivity index (χ0v) is 12.6. The van der Waals surface area contributed by atoms with Crippen LogP contribution in [0.3, 0.4) is 0 Å². The van der Waals surface area contributed by atoms with Gasteiger partial charge in [-0.25, -0.2) is 13.2 Å². The molecule has 0 aliphatic heterocycles. The van der Waals surface area contributed by atoms with Crippen LogP contribution in [0.4, 0.5) is 5.69 Å². The highest BCUT2D eigenvalue weighted by Gasteiger charge is 2.29. The molecule has 0 fully saturated rings. The maximum Gasteiger partial charge on any atom is 0.339 e. The van der Waals surface area contributed by atoms with Crippen LogP contribution in [0.15, 0.2) is 24.3 Å². The van der Waals surface area contributed by atoms with Crippen molar-refractivity contribution in [2.45, 2.75) is 12.2 Å². The molecule has 0 aliphatic carbocycles. The smallest absolute Gasteiger partial charge is 0.339 e. The van der Waals surface area contributed by atoms with Gasteiger partial charge in [0, 0.05) is 13.3 Å². The predicted molar refractivity (Wildman–Crippen MR) is 75.5 cm³/mol. The Labute approximate surface area is 118 Å². The molecule has 0 radical (unpaired) electrons. The molecule has 1 aromatic carbocycles. The van der Waals surface area contributed by atoms with Crippen LogP contribution in [-0.4, -0.2) is 46.0 Å². The van der Waals surface area contributed by atoms with Crippen molar-refractivity contribution in [3.8, 4) is 0 Å². The first-order chi connectivity index (χ1) is 9.20. The van der Waals surface area contributed by atoms with E-state index < -0.39 is 27.0 Å². The van der Waals surface area contributed by atoms with Crippen LogP contribution < -0.4 is 4.90 Å². The molecule has 0 saturated carbocycles. The third-order valence-electron chi connectivity index (χ3n) is 2.99. The molecular formula is C13H17NO5S. The van der Waals surface area contributed by atoms with E-state index in [2.05, 4.69) is 4.74 Å². The molecule has 1 unspecified atom stereocenters. The minimum absolute atomic E-state index is 0.201. The van der Waals surface area contributed by atoms with E-state index in [4.69, 9.17) is 0 Å². The molecule has 0 bridgehead atoms. The lowest BCUT2D eigenvalue weighted by Crippen LogP contribution is -2.39. The molecule has 0 heterocycles. The van der Waals surface area contributed by atoms with Crippen molar-refractivity contribution in [1.29, 1.82) is 0 Å². The second kappa shape index (κ2) is 6.04. The number of nitrogens with zero attached hydrogens (tertiary/aromatic N) is 1. The zero-order chi connectivity index (χ0) is 15.5. The van der Waals surface area contributed by atoms with Gasteiger partial charge < -0.3 is 9.64 Å². The second-order valence-corrected chi connectivity index (χ2v) is 6.74. The fourth-order valence-corrected chi connectivity index (χ4v) is 2.15. The van der Waals surface area contributed by atoms with Crippen LogP contribution >= 0.6 is 0 Å². The minimum atomic E-state index is -3.50. The fraction of sp³-hybridized carbons (Fsp3) is 0.385. The summed E-state index contributed by atoms with van der Waals surface area (Å²) in [7, 11) is -0.843. The van der Waals surface area contributed by atoms with E-state index in [-0.39, 0.29) is 5.56 Å². The van der Waals surface area contributed by atoms with Gasteiger partial charge in [0.2, 0.25) is 5.91 Å². The van der Waals surface area contributed by atoms with E-state index in [1.165, 1.54) is 27.1 Å².